The van der Waals surface area contributed by atoms with Crippen LogP contribution in [-0.4, -0.2) is 41.4 Å². The molecule has 0 aromatic carbocycles. The molecular weight excluding hydrogens is 266 g/mol. The van der Waals surface area contributed by atoms with Crippen LogP contribution in [0, 0.1) is 11.3 Å². The minimum atomic E-state index is -0.477. The van der Waals surface area contributed by atoms with Gasteiger partial charge in [-0.15, -0.1) is 0 Å². The molecular formula is C17H33NO3. The third-order valence-corrected chi connectivity index (χ3v) is 4.15. The summed E-state index contributed by atoms with van der Waals surface area (Å²) in [4.78, 5) is 14.3. The van der Waals surface area contributed by atoms with E-state index in [4.69, 9.17) is 4.74 Å². The van der Waals surface area contributed by atoms with E-state index in [1.165, 1.54) is 0 Å². The number of hydrogen-bond acceptors (Lipinski definition) is 3. The molecule has 1 rings (SSSR count). The summed E-state index contributed by atoms with van der Waals surface area (Å²) >= 11 is 0. The van der Waals surface area contributed by atoms with E-state index in [0.29, 0.717) is 19.0 Å². The zero-order valence-electron chi connectivity index (χ0n) is 14.4. The van der Waals surface area contributed by atoms with Gasteiger partial charge in [-0.2, -0.15) is 0 Å². The lowest BCUT2D eigenvalue weighted by Gasteiger charge is -2.35. The van der Waals surface area contributed by atoms with Crippen molar-refractivity contribution in [2.24, 2.45) is 11.3 Å². The molecule has 0 bridgehead atoms. The lowest BCUT2D eigenvalue weighted by molar-refractivity contribution is 0.00789. The fraction of sp³-hybridized carbons (Fsp3) is 0.941. The van der Waals surface area contributed by atoms with Crippen molar-refractivity contribution in [2.75, 3.05) is 19.7 Å². The van der Waals surface area contributed by atoms with E-state index in [1.807, 2.05) is 25.7 Å². The van der Waals surface area contributed by atoms with E-state index in [-0.39, 0.29) is 18.1 Å². The topological polar surface area (TPSA) is 49.8 Å². The Hall–Kier alpha value is -0.770. The molecule has 1 amide bonds. The Labute approximate surface area is 129 Å². The van der Waals surface area contributed by atoms with Crippen molar-refractivity contribution in [3.8, 4) is 0 Å². The molecule has 1 aliphatic rings. The van der Waals surface area contributed by atoms with Crippen LogP contribution in [0.5, 0.6) is 0 Å². The van der Waals surface area contributed by atoms with Crippen LogP contribution in [0.4, 0.5) is 4.79 Å². The van der Waals surface area contributed by atoms with Gasteiger partial charge in [0.1, 0.15) is 5.60 Å². The van der Waals surface area contributed by atoms with Crippen molar-refractivity contribution in [3.63, 3.8) is 0 Å². The summed E-state index contributed by atoms with van der Waals surface area (Å²) in [6.07, 6.45) is 5.01. The second-order valence-electron chi connectivity index (χ2n) is 7.95. The van der Waals surface area contributed by atoms with Crippen LogP contribution in [0.15, 0.2) is 0 Å². The maximum absolute atomic E-state index is 12.4. The summed E-state index contributed by atoms with van der Waals surface area (Å²) in [5.41, 5.74) is -0.594. The molecule has 124 valence electrons. The predicted octanol–water partition coefficient (Wildman–Crippen LogP) is 3.82. The first-order chi connectivity index (χ1) is 9.67. The summed E-state index contributed by atoms with van der Waals surface area (Å²) in [7, 11) is 0. The standard InChI is InChI=1S/C17H33NO3/c1-14(2)8-11-18(15(20)21-16(3,4)5)12-17(13-19)9-6-7-10-17/h14,19H,6-13H2,1-5H3. The highest BCUT2D eigenvalue weighted by atomic mass is 16.6. The first kappa shape index (κ1) is 18.3. The highest BCUT2D eigenvalue weighted by Crippen LogP contribution is 2.38. The van der Waals surface area contributed by atoms with E-state index in [9.17, 15) is 9.90 Å². The monoisotopic (exact) mass is 299 g/mol. The molecule has 4 heteroatoms. The van der Waals surface area contributed by atoms with Crippen molar-refractivity contribution in [1.82, 2.24) is 4.90 Å². The van der Waals surface area contributed by atoms with Crippen LogP contribution in [0.25, 0.3) is 0 Å². The normalized spacial score (nSPS) is 18.0. The molecule has 0 aromatic heterocycles. The fourth-order valence-electron chi connectivity index (χ4n) is 2.87. The van der Waals surface area contributed by atoms with Gasteiger partial charge in [0, 0.05) is 18.5 Å². The first-order valence-corrected chi connectivity index (χ1v) is 8.26. The molecule has 0 aromatic rings. The van der Waals surface area contributed by atoms with E-state index in [0.717, 1.165) is 32.1 Å². The van der Waals surface area contributed by atoms with Crippen molar-refractivity contribution >= 4 is 6.09 Å². The van der Waals surface area contributed by atoms with E-state index >= 15 is 0 Å². The lowest BCUT2D eigenvalue weighted by Crippen LogP contribution is -2.45. The van der Waals surface area contributed by atoms with Crippen LogP contribution in [0.1, 0.15) is 66.7 Å². The van der Waals surface area contributed by atoms with Crippen LogP contribution < -0.4 is 0 Å². The maximum Gasteiger partial charge on any atom is 0.410 e. The number of hydrogen-bond donors (Lipinski definition) is 1. The molecule has 1 saturated carbocycles. The number of aliphatic hydroxyl groups is 1. The number of ether oxygens (including phenoxy) is 1. The van der Waals surface area contributed by atoms with Gasteiger partial charge in [-0.3, -0.25) is 0 Å². The molecule has 0 heterocycles. The van der Waals surface area contributed by atoms with Crippen LogP contribution in [0.3, 0.4) is 0 Å². The van der Waals surface area contributed by atoms with Gasteiger partial charge in [-0.25, -0.2) is 4.79 Å². The lowest BCUT2D eigenvalue weighted by atomic mass is 9.86. The Bertz CT molecular complexity index is 327. The van der Waals surface area contributed by atoms with Crippen LogP contribution in [0.2, 0.25) is 0 Å². The minimum absolute atomic E-state index is 0.117. The van der Waals surface area contributed by atoms with Gasteiger partial charge in [-0.1, -0.05) is 26.7 Å². The molecule has 0 spiro atoms. The highest BCUT2D eigenvalue weighted by molar-refractivity contribution is 5.68. The fourth-order valence-corrected chi connectivity index (χ4v) is 2.87. The van der Waals surface area contributed by atoms with Gasteiger partial charge in [0.2, 0.25) is 0 Å². The third-order valence-electron chi connectivity index (χ3n) is 4.15. The van der Waals surface area contributed by atoms with Gasteiger partial charge < -0.3 is 14.7 Å². The molecule has 1 aliphatic carbocycles. The average Bonchev–Trinajstić information content (AvgIpc) is 2.81. The first-order valence-electron chi connectivity index (χ1n) is 8.26. The third kappa shape index (κ3) is 6.25. The van der Waals surface area contributed by atoms with Gasteiger partial charge in [0.25, 0.3) is 0 Å². The molecule has 0 aliphatic heterocycles. The van der Waals surface area contributed by atoms with Gasteiger partial charge >= 0.3 is 6.09 Å². The SMILES string of the molecule is CC(C)CCN(CC1(CO)CCCC1)C(=O)OC(C)(C)C. The highest BCUT2D eigenvalue weighted by Gasteiger charge is 2.37. The average molecular weight is 299 g/mol. The second-order valence-corrected chi connectivity index (χ2v) is 7.95. The molecule has 1 N–H and O–H groups in total. The number of nitrogens with zero attached hydrogens (tertiary/aromatic N) is 1. The summed E-state index contributed by atoms with van der Waals surface area (Å²) in [6.45, 7) is 11.5. The Kier molecular flexibility index (Phi) is 6.51. The van der Waals surface area contributed by atoms with Crippen LogP contribution in [-0.2, 0) is 4.74 Å². The minimum Gasteiger partial charge on any atom is -0.444 e. The molecule has 21 heavy (non-hydrogen) atoms. The number of aliphatic hydroxyl groups excluding tert-OH is 1. The molecule has 4 nitrogen and oxygen atoms in total. The van der Waals surface area contributed by atoms with Crippen molar-refractivity contribution in [1.29, 1.82) is 0 Å². The van der Waals surface area contributed by atoms with Gasteiger partial charge in [-0.05, 0) is 46.0 Å². The Morgan fingerprint density at radius 1 is 1.29 bits per heavy atom. The molecule has 0 unspecified atom stereocenters. The molecule has 0 radical (unpaired) electrons. The van der Waals surface area contributed by atoms with Gasteiger partial charge in [0.15, 0.2) is 0 Å². The maximum atomic E-state index is 12.4. The van der Waals surface area contributed by atoms with Gasteiger partial charge in [0.05, 0.1) is 6.61 Å². The summed E-state index contributed by atoms with van der Waals surface area (Å²) in [5.74, 6) is 0.545. The summed E-state index contributed by atoms with van der Waals surface area (Å²) < 4.78 is 5.54. The predicted molar refractivity (Wildman–Crippen MR) is 85.2 cm³/mol. The second kappa shape index (κ2) is 7.48. The molecule has 0 atom stereocenters. The number of carbonyl (C=O) groups is 1. The van der Waals surface area contributed by atoms with E-state index < -0.39 is 5.60 Å². The van der Waals surface area contributed by atoms with E-state index in [2.05, 4.69) is 13.8 Å². The molecule has 1 fully saturated rings. The zero-order chi connectivity index (χ0) is 16.1. The van der Waals surface area contributed by atoms with Crippen molar-refractivity contribution < 1.29 is 14.6 Å². The summed E-state index contributed by atoms with van der Waals surface area (Å²) in [5, 5.41) is 9.78. The number of carbonyl (C=O) groups excluding carboxylic acids is 1. The quantitative estimate of drug-likeness (QED) is 0.811. The Balaban J connectivity index is 2.73. The van der Waals surface area contributed by atoms with Crippen molar-refractivity contribution in [2.45, 2.75) is 72.3 Å². The summed E-state index contributed by atoms with van der Waals surface area (Å²) in [6, 6.07) is 0. The molecule has 0 saturated heterocycles. The van der Waals surface area contributed by atoms with Crippen molar-refractivity contribution in [3.05, 3.63) is 0 Å². The Morgan fingerprint density at radius 3 is 2.29 bits per heavy atom. The smallest absolute Gasteiger partial charge is 0.410 e. The zero-order valence-corrected chi connectivity index (χ0v) is 14.4. The Morgan fingerprint density at radius 2 is 1.86 bits per heavy atom. The van der Waals surface area contributed by atoms with E-state index in [1.54, 1.807) is 0 Å². The largest absolute Gasteiger partial charge is 0.444 e. The number of rotatable bonds is 6. The van der Waals surface area contributed by atoms with Crippen LogP contribution >= 0.6 is 0 Å². The number of amides is 1.